The van der Waals surface area contributed by atoms with Crippen LogP contribution < -0.4 is 4.72 Å². The van der Waals surface area contributed by atoms with Crippen LogP contribution in [-0.4, -0.2) is 57.1 Å². The largest absolute Gasteiger partial charge is 0.397 e. The number of hydrogen-bond donors (Lipinski definition) is 2. The van der Waals surface area contributed by atoms with Gasteiger partial charge in [-0.15, -0.1) is 0 Å². The molecule has 0 saturated carbocycles. The molecule has 9 nitrogen and oxygen atoms in total. The van der Waals surface area contributed by atoms with Gasteiger partial charge in [0.15, 0.2) is 11.5 Å². The predicted octanol–water partition coefficient (Wildman–Crippen LogP) is 2.40. The highest BCUT2D eigenvalue weighted by atomic mass is 32.2. The smallest absolute Gasteiger partial charge is 0.343 e. The number of nitrogens with one attached hydrogen (secondary N) is 2. The fourth-order valence-corrected chi connectivity index (χ4v) is 3.54. The van der Waals surface area contributed by atoms with Crippen LogP contribution in [0.2, 0.25) is 0 Å². The minimum Gasteiger partial charge on any atom is -0.343 e. The van der Waals surface area contributed by atoms with Gasteiger partial charge in [0.2, 0.25) is 10.0 Å². The summed E-state index contributed by atoms with van der Waals surface area (Å²) in [5.74, 6) is -1.72. The normalized spacial score (nSPS) is 13.5. The van der Waals surface area contributed by atoms with E-state index in [2.05, 4.69) is 25.0 Å². The van der Waals surface area contributed by atoms with Gasteiger partial charge >= 0.3 is 6.18 Å². The Labute approximate surface area is 174 Å². The van der Waals surface area contributed by atoms with E-state index in [9.17, 15) is 21.6 Å². The van der Waals surface area contributed by atoms with E-state index in [0.29, 0.717) is 11.5 Å². The number of aromatic amines is 1. The molecule has 0 radical (unpaired) electrons. The van der Waals surface area contributed by atoms with Crippen molar-refractivity contribution in [3.63, 3.8) is 0 Å². The van der Waals surface area contributed by atoms with Crippen molar-refractivity contribution in [2.24, 2.45) is 0 Å². The number of rotatable bonds is 6. The summed E-state index contributed by atoms with van der Waals surface area (Å²) in [5.41, 5.74) is 2.68. The Balaban J connectivity index is 1.60. The molecule has 4 aromatic heterocycles. The molecule has 0 bridgehead atoms. The van der Waals surface area contributed by atoms with E-state index >= 15 is 0 Å². The standard InChI is InChI=1S/C18H16F3N7O2S/c1-31(29,30)27-8-14(18(19,20)21)11-2-3-15(23-6-11)28-9-12(7-26-28)13-4-5-22-17-16(13)24-10-25-17/h2-7,9-10,14,27H,8H2,1H3,(H,22,24,25). The molecule has 0 saturated heterocycles. The van der Waals surface area contributed by atoms with Crippen LogP contribution in [0.1, 0.15) is 11.5 Å². The maximum Gasteiger partial charge on any atom is 0.397 e. The second kappa shape index (κ2) is 7.74. The van der Waals surface area contributed by atoms with Gasteiger partial charge < -0.3 is 4.98 Å². The van der Waals surface area contributed by atoms with Crippen molar-refractivity contribution in [3.05, 3.63) is 54.9 Å². The third kappa shape index (κ3) is 4.56. The van der Waals surface area contributed by atoms with Gasteiger partial charge in [-0.1, -0.05) is 6.07 Å². The first-order chi connectivity index (χ1) is 14.6. The molecule has 4 rings (SSSR count). The van der Waals surface area contributed by atoms with Crippen molar-refractivity contribution in [1.82, 2.24) is 34.4 Å². The number of sulfonamides is 1. The van der Waals surface area contributed by atoms with E-state index in [1.54, 1.807) is 24.7 Å². The molecule has 13 heteroatoms. The van der Waals surface area contributed by atoms with Gasteiger partial charge in [0.05, 0.1) is 30.2 Å². The first kappa shape index (κ1) is 20.9. The molecule has 0 aromatic carbocycles. The lowest BCUT2D eigenvalue weighted by atomic mass is 10.0. The fourth-order valence-electron chi connectivity index (χ4n) is 3.07. The molecule has 0 spiro atoms. The van der Waals surface area contributed by atoms with E-state index in [1.165, 1.54) is 23.1 Å². The lowest BCUT2D eigenvalue weighted by Crippen LogP contribution is -2.34. The predicted molar refractivity (Wildman–Crippen MR) is 106 cm³/mol. The minimum absolute atomic E-state index is 0.159. The molecular formula is C18H16F3N7O2S. The molecule has 1 unspecified atom stereocenters. The molecule has 0 amide bonds. The van der Waals surface area contributed by atoms with E-state index in [-0.39, 0.29) is 5.56 Å². The zero-order valence-corrected chi connectivity index (χ0v) is 16.8. The molecule has 31 heavy (non-hydrogen) atoms. The highest BCUT2D eigenvalue weighted by Gasteiger charge is 2.41. The van der Waals surface area contributed by atoms with Crippen LogP contribution in [-0.2, 0) is 10.0 Å². The number of hydrogen-bond acceptors (Lipinski definition) is 6. The quantitative estimate of drug-likeness (QED) is 0.465. The zero-order valence-electron chi connectivity index (χ0n) is 16.0. The van der Waals surface area contributed by atoms with Crippen LogP contribution in [0.3, 0.4) is 0 Å². The second-order valence-electron chi connectivity index (χ2n) is 6.80. The van der Waals surface area contributed by atoms with Gasteiger partial charge in [-0.25, -0.2) is 32.8 Å². The molecule has 0 aliphatic carbocycles. The van der Waals surface area contributed by atoms with Crippen LogP contribution >= 0.6 is 0 Å². The molecule has 0 fully saturated rings. The summed E-state index contributed by atoms with van der Waals surface area (Å²) in [6, 6.07) is 4.44. The molecule has 4 aromatic rings. The highest BCUT2D eigenvalue weighted by molar-refractivity contribution is 7.88. The van der Waals surface area contributed by atoms with Crippen molar-refractivity contribution in [1.29, 1.82) is 0 Å². The Bertz CT molecular complexity index is 1310. The summed E-state index contributed by atoms with van der Waals surface area (Å²) in [6.45, 7) is -0.808. The number of alkyl halides is 3. The number of aromatic nitrogens is 6. The van der Waals surface area contributed by atoms with Gasteiger partial charge in [-0.3, -0.25) is 0 Å². The van der Waals surface area contributed by atoms with E-state index in [1.807, 2.05) is 4.72 Å². The van der Waals surface area contributed by atoms with Gasteiger partial charge in [0.1, 0.15) is 0 Å². The van der Waals surface area contributed by atoms with Crippen molar-refractivity contribution in [2.45, 2.75) is 12.1 Å². The summed E-state index contributed by atoms with van der Waals surface area (Å²) in [6.07, 6.45) is 3.65. The van der Waals surface area contributed by atoms with Gasteiger partial charge in [-0.2, -0.15) is 18.3 Å². The minimum atomic E-state index is -4.64. The average molecular weight is 451 g/mol. The maximum atomic E-state index is 13.4. The molecular weight excluding hydrogens is 435 g/mol. The Hall–Kier alpha value is -3.32. The molecule has 162 valence electrons. The van der Waals surface area contributed by atoms with Crippen LogP contribution in [0.5, 0.6) is 0 Å². The van der Waals surface area contributed by atoms with Gasteiger partial charge in [0.25, 0.3) is 0 Å². The van der Waals surface area contributed by atoms with Gasteiger partial charge in [-0.05, 0) is 17.7 Å². The zero-order chi connectivity index (χ0) is 22.2. The third-order valence-corrected chi connectivity index (χ3v) is 5.26. The number of imidazole rings is 1. The van der Waals surface area contributed by atoms with Crippen molar-refractivity contribution >= 4 is 21.2 Å². The van der Waals surface area contributed by atoms with Crippen molar-refractivity contribution in [2.75, 3.05) is 12.8 Å². The first-order valence-electron chi connectivity index (χ1n) is 8.92. The Morgan fingerprint density at radius 3 is 2.65 bits per heavy atom. The molecule has 0 aliphatic heterocycles. The number of halogens is 3. The van der Waals surface area contributed by atoms with Crippen LogP contribution in [0.25, 0.3) is 28.1 Å². The molecule has 4 heterocycles. The van der Waals surface area contributed by atoms with E-state index in [0.717, 1.165) is 29.1 Å². The lowest BCUT2D eigenvalue weighted by molar-refractivity contribution is -0.148. The number of H-pyrrole nitrogens is 1. The Morgan fingerprint density at radius 2 is 1.97 bits per heavy atom. The number of fused-ring (bicyclic) bond motifs is 1. The fraction of sp³-hybridized carbons (Fsp3) is 0.222. The SMILES string of the molecule is CS(=O)(=O)NCC(c1ccc(-n2cc(-c3ccnc4nc[nH]c34)cn2)nc1)C(F)(F)F. The summed E-state index contributed by atoms with van der Waals surface area (Å²) < 4.78 is 65.9. The highest BCUT2D eigenvalue weighted by Crippen LogP contribution is 2.34. The third-order valence-electron chi connectivity index (χ3n) is 4.57. The monoisotopic (exact) mass is 451 g/mol. The van der Waals surface area contributed by atoms with Crippen LogP contribution in [0.15, 0.2) is 49.3 Å². The Morgan fingerprint density at radius 1 is 1.16 bits per heavy atom. The van der Waals surface area contributed by atoms with Crippen LogP contribution in [0, 0.1) is 0 Å². The maximum absolute atomic E-state index is 13.4. The average Bonchev–Trinajstić information content (AvgIpc) is 3.36. The van der Waals surface area contributed by atoms with E-state index < -0.39 is 28.7 Å². The number of pyridine rings is 2. The molecule has 1 atom stereocenters. The van der Waals surface area contributed by atoms with E-state index in [4.69, 9.17) is 0 Å². The first-order valence-corrected chi connectivity index (χ1v) is 10.8. The van der Waals surface area contributed by atoms with Crippen molar-refractivity contribution in [3.8, 4) is 16.9 Å². The van der Waals surface area contributed by atoms with Crippen LogP contribution in [0.4, 0.5) is 13.2 Å². The molecule has 2 N–H and O–H groups in total. The van der Waals surface area contributed by atoms with Crippen molar-refractivity contribution < 1.29 is 21.6 Å². The second-order valence-corrected chi connectivity index (χ2v) is 8.63. The lowest BCUT2D eigenvalue weighted by Gasteiger charge is -2.20. The topological polar surface area (TPSA) is 118 Å². The summed E-state index contributed by atoms with van der Waals surface area (Å²) in [7, 11) is -3.77. The summed E-state index contributed by atoms with van der Waals surface area (Å²) in [5, 5.41) is 4.23. The number of nitrogens with zero attached hydrogens (tertiary/aromatic N) is 5. The molecule has 0 aliphatic rings. The Kier molecular flexibility index (Phi) is 5.23. The van der Waals surface area contributed by atoms with Gasteiger partial charge in [0, 0.05) is 36.3 Å². The summed E-state index contributed by atoms with van der Waals surface area (Å²) in [4.78, 5) is 15.3. The summed E-state index contributed by atoms with van der Waals surface area (Å²) >= 11 is 0.